The smallest absolute Gasteiger partial charge is 0.482 e. The van der Waals surface area contributed by atoms with Crippen LogP contribution in [0.3, 0.4) is 0 Å². The molecule has 4 N–H and O–H groups in total. The van der Waals surface area contributed by atoms with Gasteiger partial charge in [-0.1, -0.05) is 31.5 Å². The van der Waals surface area contributed by atoms with E-state index < -0.39 is 65.8 Å². The van der Waals surface area contributed by atoms with E-state index in [-0.39, 0.29) is 76.4 Å². The Labute approximate surface area is 340 Å². The third kappa shape index (κ3) is 7.08. The van der Waals surface area contributed by atoms with Crippen molar-refractivity contribution in [3.63, 3.8) is 0 Å². The van der Waals surface area contributed by atoms with E-state index in [2.05, 4.69) is 29.8 Å². The zero-order valence-electron chi connectivity index (χ0n) is 33.3. The van der Waals surface area contributed by atoms with Gasteiger partial charge in [0.15, 0.2) is 17.3 Å². The number of carbonyl (C=O) groups is 4. The van der Waals surface area contributed by atoms with Crippen LogP contribution in [-0.4, -0.2) is 117 Å². The minimum absolute atomic E-state index is 0.0289. The minimum Gasteiger partial charge on any atom is -0.495 e. The molecule has 1 unspecified atom stereocenters. The number of amides is 5. The highest BCUT2D eigenvalue weighted by Gasteiger charge is 2.68. The zero-order valence-corrected chi connectivity index (χ0v) is 34.0. The summed E-state index contributed by atoms with van der Waals surface area (Å²) in [4.78, 5) is 57.3. The number of halogens is 3. The number of carboxylic acid groups (broad SMARTS) is 1. The summed E-state index contributed by atoms with van der Waals surface area (Å²) in [5, 5.41) is 18.4. The Morgan fingerprint density at radius 1 is 1.02 bits per heavy atom. The van der Waals surface area contributed by atoms with E-state index in [0.29, 0.717) is 25.2 Å². The van der Waals surface area contributed by atoms with Gasteiger partial charge >= 0.3 is 25.1 Å². The lowest BCUT2D eigenvalue weighted by atomic mass is 9.43. The third-order valence-corrected chi connectivity index (χ3v) is 13.5. The first-order valence-electron chi connectivity index (χ1n) is 19.5. The Kier molecular flexibility index (Phi) is 11.5. The molecule has 15 nitrogen and oxygen atoms in total. The molecule has 6 atom stereocenters. The van der Waals surface area contributed by atoms with Crippen LogP contribution >= 0.6 is 11.6 Å². The number of rotatable bonds is 12. The van der Waals surface area contributed by atoms with Crippen LogP contribution in [0.2, 0.25) is 5.02 Å². The Balaban J connectivity index is 1.25. The van der Waals surface area contributed by atoms with Crippen LogP contribution in [0.15, 0.2) is 18.2 Å². The number of hydrogen-bond acceptors (Lipinski definition) is 10. The van der Waals surface area contributed by atoms with Gasteiger partial charge in [-0.05, 0) is 87.1 Å². The van der Waals surface area contributed by atoms with Gasteiger partial charge in [0.05, 0.1) is 44.0 Å². The number of aromatic carboxylic acids is 1. The molecule has 5 amide bonds. The van der Waals surface area contributed by atoms with Gasteiger partial charge in [-0.25, -0.2) is 28.1 Å². The topological polar surface area (TPSA) is 177 Å². The van der Waals surface area contributed by atoms with E-state index in [1.165, 1.54) is 27.4 Å². The predicted molar refractivity (Wildman–Crippen MR) is 206 cm³/mol. The van der Waals surface area contributed by atoms with Crippen LogP contribution in [0.25, 0.3) is 0 Å². The summed E-state index contributed by atoms with van der Waals surface area (Å²) >= 11 is 6.79. The van der Waals surface area contributed by atoms with Crippen molar-refractivity contribution in [2.24, 2.45) is 17.3 Å². The largest absolute Gasteiger partial charge is 0.495 e. The fourth-order valence-corrected chi connectivity index (χ4v) is 10.2. The lowest BCUT2D eigenvalue weighted by Crippen LogP contribution is -2.65. The predicted octanol–water partition coefficient (Wildman–Crippen LogP) is 4.58. The lowest BCUT2D eigenvalue weighted by Gasteiger charge is -2.64. The summed E-state index contributed by atoms with van der Waals surface area (Å²) in [5.41, 5.74) is -1.48. The first-order chi connectivity index (χ1) is 27.5. The molecule has 3 saturated carbocycles. The van der Waals surface area contributed by atoms with Crippen molar-refractivity contribution in [1.82, 2.24) is 25.8 Å². The summed E-state index contributed by atoms with van der Waals surface area (Å²) in [6, 6.07) is -0.00182. The number of methoxy groups -OCH3 is 3. The number of nitrogens with one attached hydrogen (secondary N) is 3. The maximum Gasteiger partial charge on any atom is 0.482 e. The molecule has 314 valence electrons. The van der Waals surface area contributed by atoms with E-state index >= 15 is 4.39 Å². The molecule has 0 radical (unpaired) electrons. The van der Waals surface area contributed by atoms with E-state index in [4.69, 9.17) is 35.1 Å². The van der Waals surface area contributed by atoms with Crippen LogP contribution in [0.5, 0.6) is 17.2 Å². The first kappa shape index (κ1) is 41.8. The monoisotopic (exact) mass is 831 g/mol. The molecule has 3 saturated heterocycles. The van der Waals surface area contributed by atoms with E-state index in [9.17, 15) is 28.7 Å². The second-order valence-electron chi connectivity index (χ2n) is 16.4. The zero-order chi connectivity index (χ0) is 41.8. The number of nitrogens with zero attached hydrogens (tertiary/aromatic N) is 2. The number of carbonyl (C=O) groups excluding carboxylic acids is 3. The second-order valence-corrected chi connectivity index (χ2v) is 16.8. The van der Waals surface area contributed by atoms with E-state index in [1.54, 1.807) is 4.90 Å². The standard InChI is InChI=1S/C39H49BClF2N5O10/c1-38(2)20-16-25(38)39(3)26(17-20)57-40(58-39)27(15-19-7-8-23(42)28(35(50)51)31(19)54-4)45-34(49)30(22-18-24(43)32(55-5)33(56-6)29(22)41)46-36(52)48-14-13-47(37(48)53)21-9-11-44-12-10-21/h7-8,18,20-21,25-27,30,44H,9-17H2,1-6H3,(H,45,49)(H,46,52)(H,50,51)/t20-,25-,26+,27-,30?,39-/m0/s1. The Morgan fingerprint density at radius 2 is 1.71 bits per heavy atom. The number of piperidine rings is 1. The summed E-state index contributed by atoms with van der Waals surface area (Å²) in [6.07, 6.45) is 2.54. The van der Waals surface area contributed by atoms with Crippen molar-refractivity contribution in [3.8, 4) is 17.2 Å². The van der Waals surface area contributed by atoms with Crippen molar-refractivity contribution in [2.75, 3.05) is 47.5 Å². The lowest BCUT2D eigenvalue weighted by molar-refractivity contribution is -0.199. The van der Waals surface area contributed by atoms with Gasteiger partial charge in [-0.3, -0.25) is 4.79 Å². The summed E-state index contributed by atoms with van der Waals surface area (Å²) < 4.78 is 59.8. The Bertz CT molecular complexity index is 1990. The van der Waals surface area contributed by atoms with Gasteiger partial charge in [0.25, 0.3) is 0 Å². The molecule has 0 spiro atoms. The van der Waals surface area contributed by atoms with Gasteiger partial charge in [-0.15, -0.1) is 0 Å². The third-order valence-electron chi connectivity index (χ3n) is 13.1. The summed E-state index contributed by atoms with van der Waals surface area (Å²) in [7, 11) is 2.53. The normalized spacial score (nSPS) is 26.1. The number of carboxylic acids is 1. The van der Waals surface area contributed by atoms with Crippen molar-refractivity contribution in [1.29, 1.82) is 0 Å². The van der Waals surface area contributed by atoms with Gasteiger partial charge in [0.1, 0.15) is 23.2 Å². The second kappa shape index (κ2) is 16.0. The molecule has 2 aromatic rings. The molecular weight excluding hydrogens is 783 g/mol. The Morgan fingerprint density at radius 3 is 2.34 bits per heavy atom. The van der Waals surface area contributed by atoms with Crippen molar-refractivity contribution in [2.45, 2.75) is 82.6 Å². The fraction of sp³-hybridized carbons (Fsp3) is 0.590. The molecule has 58 heavy (non-hydrogen) atoms. The summed E-state index contributed by atoms with van der Waals surface area (Å²) in [5.74, 6) is -5.89. The van der Waals surface area contributed by atoms with Crippen LogP contribution in [0.1, 0.15) is 74.0 Å². The van der Waals surface area contributed by atoms with Crippen molar-refractivity contribution < 1.29 is 56.6 Å². The molecule has 3 heterocycles. The molecule has 19 heteroatoms. The van der Waals surface area contributed by atoms with Gasteiger partial charge < -0.3 is 49.5 Å². The van der Waals surface area contributed by atoms with Gasteiger partial charge in [0.2, 0.25) is 5.91 Å². The highest BCUT2D eigenvalue weighted by atomic mass is 35.5. The SMILES string of the molecule is COc1c(F)cc(C(NC(=O)N2CCN(C3CCNCC3)C2=O)C(=O)N[C@@H](Cc2ccc(F)c(C(=O)O)c2OC)B2O[C@@H]3C[C@@H]4C[C@@H](C4(C)C)[C@]3(C)O2)c(Cl)c1OC. The van der Waals surface area contributed by atoms with Crippen LogP contribution < -0.4 is 30.2 Å². The highest BCUT2D eigenvalue weighted by molar-refractivity contribution is 6.48. The van der Waals surface area contributed by atoms with E-state index in [0.717, 1.165) is 36.5 Å². The van der Waals surface area contributed by atoms with E-state index in [1.807, 2.05) is 6.92 Å². The fourth-order valence-electron chi connectivity index (χ4n) is 9.86. The molecule has 8 rings (SSSR count). The average molecular weight is 832 g/mol. The highest BCUT2D eigenvalue weighted by Crippen LogP contribution is 2.65. The van der Waals surface area contributed by atoms with Gasteiger partial charge in [-0.2, -0.15) is 0 Å². The molecule has 3 aliphatic heterocycles. The van der Waals surface area contributed by atoms with Crippen LogP contribution in [0.4, 0.5) is 18.4 Å². The van der Waals surface area contributed by atoms with Crippen molar-refractivity contribution in [3.05, 3.63) is 51.5 Å². The maximum absolute atomic E-state index is 15.7. The Hall–Kier alpha value is -4.39. The number of hydrogen-bond donors (Lipinski definition) is 4. The average Bonchev–Trinajstić information content (AvgIpc) is 3.77. The molecule has 0 aromatic heterocycles. The molecule has 2 aromatic carbocycles. The van der Waals surface area contributed by atoms with Crippen LogP contribution in [-0.2, 0) is 20.5 Å². The molecule has 3 aliphatic carbocycles. The van der Waals surface area contributed by atoms with Crippen LogP contribution in [0, 0.1) is 28.9 Å². The maximum atomic E-state index is 15.7. The molecule has 6 aliphatic rings. The summed E-state index contributed by atoms with van der Waals surface area (Å²) in [6.45, 7) is 8.14. The number of ether oxygens (including phenoxy) is 3. The first-order valence-corrected chi connectivity index (χ1v) is 19.8. The number of benzene rings is 2. The molecular formula is C39H49BClF2N5O10. The molecule has 6 fully saturated rings. The van der Waals surface area contributed by atoms with Gasteiger partial charge in [0, 0.05) is 24.7 Å². The molecule has 2 bridgehead atoms. The minimum atomic E-state index is -1.74. The van der Waals surface area contributed by atoms with Crippen molar-refractivity contribution >= 4 is 42.7 Å². The number of urea groups is 2. The number of imide groups is 1. The quantitative estimate of drug-likeness (QED) is 0.220.